The van der Waals surface area contributed by atoms with E-state index in [0.717, 1.165) is 36.5 Å². The first-order valence-electron chi connectivity index (χ1n) is 11.4. The number of fused-ring (bicyclic) bond motifs is 1. The molecule has 33 heavy (non-hydrogen) atoms. The van der Waals surface area contributed by atoms with Crippen LogP contribution in [0.4, 0.5) is 5.69 Å². The summed E-state index contributed by atoms with van der Waals surface area (Å²) in [6.45, 7) is 2.38. The molecule has 0 saturated carbocycles. The monoisotopic (exact) mass is 446 g/mol. The van der Waals surface area contributed by atoms with Crippen LogP contribution in [0.2, 0.25) is 0 Å². The highest BCUT2D eigenvalue weighted by atomic mass is 16.2. The third-order valence-corrected chi connectivity index (χ3v) is 6.76. The zero-order valence-electron chi connectivity index (χ0n) is 18.2. The summed E-state index contributed by atoms with van der Waals surface area (Å²) in [7, 11) is 0. The topological polar surface area (TPSA) is 108 Å². The molecule has 8 nitrogen and oxygen atoms in total. The minimum atomic E-state index is -0.962. The lowest BCUT2D eigenvalue weighted by atomic mass is 9.89. The number of hydrogen-bond acceptors (Lipinski definition) is 6. The van der Waals surface area contributed by atoms with Gasteiger partial charge in [0.15, 0.2) is 0 Å². The van der Waals surface area contributed by atoms with Gasteiger partial charge in [-0.15, -0.1) is 0 Å². The second-order valence-corrected chi connectivity index (χ2v) is 8.75. The van der Waals surface area contributed by atoms with Crippen molar-refractivity contribution in [2.75, 3.05) is 18.4 Å². The van der Waals surface area contributed by atoms with Crippen molar-refractivity contribution < 1.29 is 19.2 Å². The molecule has 3 aliphatic heterocycles. The van der Waals surface area contributed by atoms with Gasteiger partial charge in [0.2, 0.25) is 11.8 Å². The van der Waals surface area contributed by atoms with Gasteiger partial charge in [0.1, 0.15) is 6.04 Å². The third kappa shape index (κ3) is 3.91. The van der Waals surface area contributed by atoms with Crippen LogP contribution in [0.1, 0.15) is 63.4 Å². The first-order valence-corrected chi connectivity index (χ1v) is 11.4. The van der Waals surface area contributed by atoms with Gasteiger partial charge in [-0.2, -0.15) is 0 Å². The number of carbonyl (C=O) groups excluding carboxylic acids is 4. The molecule has 0 spiro atoms. The summed E-state index contributed by atoms with van der Waals surface area (Å²) in [5.74, 6) is -1.47. The van der Waals surface area contributed by atoms with Crippen molar-refractivity contribution in [3.63, 3.8) is 0 Å². The maximum atomic E-state index is 13.3. The van der Waals surface area contributed by atoms with Gasteiger partial charge >= 0.3 is 0 Å². The first kappa shape index (κ1) is 21.3. The number of piperidine rings is 2. The Bertz CT molecular complexity index is 1140. The van der Waals surface area contributed by atoms with Gasteiger partial charge in [-0.3, -0.25) is 29.4 Å². The number of benzene rings is 2. The number of imide groups is 2. The fourth-order valence-corrected chi connectivity index (χ4v) is 5.07. The highest BCUT2D eigenvalue weighted by molar-refractivity contribution is 6.24. The minimum absolute atomic E-state index is 0.103. The zero-order chi connectivity index (χ0) is 22.9. The second kappa shape index (κ2) is 8.78. The number of rotatable bonds is 5. The fraction of sp³-hybridized carbons (Fsp3) is 0.360. The van der Waals surface area contributed by atoms with Crippen molar-refractivity contribution in [3.8, 4) is 0 Å². The van der Waals surface area contributed by atoms with Crippen molar-refractivity contribution in [1.29, 1.82) is 0 Å². The number of carbonyl (C=O) groups is 4. The molecule has 2 saturated heterocycles. The molecule has 0 aromatic heterocycles. The van der Waals surface area contributed by atoms with Gasteiger partial charge in [-0.25, -0.2) is 0 Å². The Balaban J connectivity index is 1.39. The van der Waals surface area contributed by atoms with Crippen molar-refractivity contribution in [2.24, 2.45) is 0 Å². The van der Waals surface area contributed by atoms with Crippen molar-refractivity contribution in [3.05, 3.63) is 64.7 Å². The molecule has 0 aliphatic carbocycles. The molecule has 3 heterocycles. The van der Waals surface area contributed by atoms with Crippen LogP contribution in [0.5, 0.6) is 0 Å². The Labute approximate surface area is 191 Å². The Morgan fingerprint density at radius 3 is 2.48 bits per heavy atom. The predicted octanol–water partition coefficient (Wildman–Crippen LogP) is 2.17. The van der Waals surface area contributed by atoms with E-state index >= 15 is 0 Å². The molecule has 3 aliphatic rings. The van der Waals surface area contributed by atoms with E-state index in [4.69, 9.17) is 0 Å². The largest absolute Gasteiger partial charge is 0.381 e. The number of anilines is 1. The van der Waals surface area contributed by atoms with Crippen LogP contribution in [0.15, 0.2) is 42.5 Å². The van der Waals surface area contributed by atoms with E-state index in [1.165, 1.54) is 5.56 Å². The van der Waals surface area contributed by atoms with E-state index in [-0.39, 0.29) is 18.7 Å². The van der Waals surface area contributed by atoms with Crippen molar-refractivity contribution in [2.45, 2.75) is 44.2 Å². The molecule has 170 valence electrons. The molecule has 2 aromatic carbocycles. The highest BCUT2D eigenvalue weighted by Gasteiger charge is 2.45. The molecular formula is C25H26N4O4. The summed E-state index contributed by atoms with van der Waals surface area (Å²) >= 11 is 0. The van der Waals surface area contributed by atoms with Gasteiger partial charge in [-0.1, -0.05) is 30.3 Å². The number of amides is 4. The van der Waals surface area contributed by atoms with E-state index < -0.39 is 23.8 Å². The van der Waals surface area contributed by atoms with E-state index in [2.05, 4.69) is 22.0 Å². The molecule has 0 bridgehead atoms. The van der Waals surface area contributed by atoms with Gasteiger partial charge in [-0.05, 0) is 61.5 Å². The minimum Gasteiger partial charge on any atom is -0.381 e. The zero-order valence-corrected chi connectivity index (χ0v) is 18.2. The lowest BCUT2D eigenvalue weighted by molar-refractivity contribution is -0.136. The highest BCUT2D eigenvalue weighted by Crippen LogP contribution is 2.33. The molecule has 3 N–H and O–H groups in total. The smallest absolute Gasteiger partial charge is 0.262 e. The van der Waals surface area contributed by atoms with Crippen LogP contribution in [0.25, 0.3) is 0 Å². The Morgan fingerprint density at radius 2 is 1.70 bits per heavy atom. The number of nitrogens with zero attached hydrogens (tertiary/aromatic N) is 1. The maximum absolute atomic E-state index is 13.3. The maximum Gasteiger partial charge on any atom is 0.262 e. The molecule has 1 atom stereocenters. The molecule has 2 fully saturated rings. The van der Waals surface area contributed by atoms with E-state index in [1.54, 1.807) is 12.1 Å². The Morgan fingerprint density at radius 1 is 0.909 bits per heavy atom. The molecule has 2 aromatic rings. The lowest BCUT2D eigenvalue weighted by Crippen LogP contribution is -2.54. The second-order valence-electron chi connectivity index (χ2n) is 8.75. The fourth-order valence-electron chi connectivity index (χ4n) is 5.07. The number of para-hydroxylation sites is 1. The molecule has 1 unspecified atom stereocenters. The Kier molecular flexibility index (Phi) is 5.68. The SMILES string of the molecule is O=C1CCC(N2C(=O)c3cccc(CNc4ccccc4C4CCNCC4)c3C2=O)C(=O)N1. The average molecular weight is 447 g/mol. The quantitative estimate of drug-likeness (QED) is 0.608. The van der Waals surface area contributed by atoms with Crippen LogP contribution in [0, 0.1) is 0 Å². The van der Waals surface area contributed by atoms with Crippen molar-refractivity contribution in [1.82, 2.24) is 15.5 Å². The van der Waals surface area contributed by atoms with Crippen LogP contribution >= 0.6 is 0 Å². The van der Waals surface area contributed by atoms with Gasteiger partial charge in [0.05, 0.1) is 11.1 Å². The average Bonchev–Trinajstić information content (AvgIpc) is 3.09. The summed E-state index contributed by atoms with van der Waals surface area (Å²) in [5, 5.41) is 9.10. The lowest BCUT2D eigenvalue weighted by Gasteiger charge is -2.28. The summed E-state index contributed by atoms with van der Waals surface area (Å²) in [6, 6.07) is 12.5. The number of nitrogens with one attached hydrogen (secondary N) is 3. The Hall–Kier alpha value is -3.52. The molecule has 0 radical (unpaired) electrons. The third-order valence-electron chi connectivity index (χ3n) is 6.76. The number of hydrogen-bond donors (Lipinski definition) is 3. The van der Waals surface area contributed by atoms with E-state index in [9.17, 15) is 19.2 Å². The van der Waals surface area contributed by atoms with E-state index in [0.29, 0.717) is 29.2 Å². The molecule has 8 heteroatoms. The van der Waals surface area contributed by atoms with Gasteiger partial charge < -0.3 is 10.6 Å². The van der Waals surface area contributed by atoms with E-state index in [1.807, 2.05) is 24.3 Å². The summed E-state index contributed by atoms with van der Waals surface area (Å²) in [5.41, 5.74) is 3.63. The van der Waals surface area contributed by atoms with Crippen LogP contribution in [-0.4, -0.2) is 47.7 Å². The summed E-state index contributed by atoms with van der Waals surface area (Å²) in [4.78, 5) is 51.2. The summed E-state index contributed by atoms with van der Waals surface area (Å²) in [6.07, 6.45) is 2.40. The standard InChI is InChI=1S/C25H26N4O4/c30-21-9-8-20(23(31)28-21)29-24(32)18-6-3-4-16(22(18)25(29)33)14-27-19-7-2-1-5-17(19)15-10-12-26-13-11-15/h1-7,15,20,26-27H,8-14H2,(H,28,30,31). The van der Waals surface area contributed by atoms with Crippen LogP contribution in [-0.2, 0) is 16.1 Å². The first-order chi connectivity index (χ1) is 16.0. The summed E-state index contributed by atoms with van der Waals surface area (Å²) < 4.78 is 0. The molecule has 5 rings (SSSR count). The van der Waals surface area contributed by atoms with Crippen LogP contribution in [0.3, 0.4) is 0 Å². The predicted molar refractivity (Wildman–Crippen MR) is 122 cm³/mol. The molecular weight excluding hydrogens is 420 g/mol. The van der Waals surface area contributed by atoms with Gasteiger partial charge in [0, 0.05) is 18.7 Å². The van der Waals surface area contributed by atoms with Crippen molar-refractivity contribution >= 4 is 29.3 Å². The van der Waals surface area contributed by atoms with Gasteiger partial charge in [0.25, 0.3) is 11.8 Å². The molecule has 4 amide bonds. The van der Waals surface area contributed by atoms with Crippen LogP contribution < -0.4 is 16.0 Å². The normalized spacial score (nSPS) is 21.2.